The van der Waals surface area contributed by atoms with Crippen LogP contribution in [0.15, 0.2) is 60.7 Å². The van der Waals surface area contributed by atoms with Crippen molar-refractivity contribution in [3.05, 3.63) is 77.4 Å². The Morgan fingerprint density at radius 2 is 1.52 bits per heavy atom. The Kier molecular flexibility index (Phi) is 5.98. The molecule has 0 spiro atoms. The molecule has 1 unspecified atom stereocenters. The third-order valence-corrected chi connectivity index (χ3v) is 5.42. The number of carbonyl (C=O) groups excluding carboxylic acids is 1. The molecule has 0 aromatic heterocycles. The number of nitrogens with one attached hydrogen (secondary N) is 1. The van der Waals surface area contributed by atoms with Crippen molar-refractivity contribution in [2.75, 3.05) is 26.6 Å². The lowest BCUT2D eigenvalue weighted by molar-refractivity contribution is -0.116. The van der Waals surface area contributed by atoms with Crippen LogP contribution in [0.2, 0.25) is 0 Å². The number of rotatable bonds is 7. The van der Waals surface area contributed by atoms with Crippen molar-refractivity contribution < 1.29 is 23.7 Å². The molecule has 1 N–H and O–H groups in total. The summed E-state index contributed by atoms with van der Waals surface area (Å²) in [5.41, 5.74) is 3.74. The van der Waals surface area contributed by atoms with E-state index in [4.69, 9.17) is 18.9 Å². The summed E-state index contributed by atoms with van der Waals surface area (Å²) in [6, 6.07) is 19.5. The summed E-state index contributed by atoms with van der Waals surface area (Å²) in [6.45, 7) is 0.447. The molecular weight excluding hydrogens is 394 g/mol. The molecule has 6 heteroatoms. The van der Waals surface area contributed by atoms with Gasteiger partial charge in [-0.25, -0.2) is 0 Å². The standard InChI is InChI=1S/C25H25NO5/c1-28-22-11-17(9-10-21(22)31-15-16-7-5-4-6-8-16)18-13-25(27)26-20-14-24(30-3)23(29-2)12-19(18)20/h4-12,14,18H,13,15H2,1-3H3,(H,26,27). The zero-order valence-corrected chi connectivity index (χ0v) is 17.8. The SMILES string of the molecule is COc1cc2c(cc1OC)C(c1ccc(OCc3ccccc3)c(OC)c1)CC(=O)N2. The van der Waals surface area contributed by atoms with E-state index in [1.165, 1.54) is 0 Å². The Balaban J connectivity index is 1.66. The van der Waals surface area contributed by atoms with Crippen LogP contribution < -0.4 is 24.3 Å². The van der Waals surface area contributed by atoms with Gasteiger partial charge in [0.25, 0.3) is 0 Å². The number of fused-ring (bicyclic) bond motifs is 1. The molecule has 3 aromatic rings. The average Bonchev–Trinajstić information content (AvgIpc) is 2.81. The molecule has 4 rings (SSSR count). The number of carbonyl (C=O) groups is 1. The molecule has 1 aliphatic heterocycles. The minimum Gasteiger partial charge on any atom is -0.493 e. The molecule has 0 aliphatic carbocycles. The van der Waals surface area contributed by atoms with E-state index >= 15 is 0 Å². The van der Waals surface area contributed by atoms with Crippen LogP contribution in [0.3, 0.4) is 0 Å². The van der Waals surface area contributed by atoms with Gasteiger partial charge in [-0.1, -0.05) is 36.4 Å². The molecule has 3 aromatic carbocycles. The highest BCUT2D eigenvalue weighted by molar-refractivity contribution is 5.96. The van der Waals surface area contributed by atoms with Gasteiger partial charge in [0.1, 0.15) is 6.61 Å². The molecule has 1 amide bonds. The number of benzene rings is 3. The van der Waals surface area contributed by atoms with Crippen LogP contribution in [0.4, 0.5) is 5.69 Å². The molecule has 0 radical (unpaired) electrons. The van der Waals surface area contributed by atoms with Crippen LogP contribution in [0.25, 0.3) is 0 Å². The number of anilines is 1. The second-order valence-electron chi connectivity index (χ2n) is 7.28. The smallest absolute Gasteiger partial charge is 0.225 e. The molecule has 0 bridgehead atoms. The third kappa shape index (κ3) is 4.28. The summed E-state index contributed by atoms with van der Waals surface area (Å²) < 4.78 is 22.4. The molecule has 0 saturated carbocycles. The van der Waals surface area contributed by atoms with Crippen LogP contribution in [-0.2, 0) is 11.4 Å². The summed E-state index contributed by atoms with van der Waals surface area (Å²) in [6.07, 6.45) is 0.329. The number of methoxy groups -OCH3 is 3. The zero-order valence-electron chi connectivity index (χ0n) is 17.8. The van der Waals surface area contributed by atoms with Crippen LogP contribution in [-0.4, -0.2) is 27.2 Å². The Morgan fingerprint density at radius 3 is 2.23 bits per heavy atom. The van der Waals surface area contributed by atoms with Crippen molar-refractivity contribution in [2.24, 2.45) is 0 Å². The first-order valence-corrected chi connectivity index (χ1v) is 10.0. The van der Waals surface area contributed by atoms with E-state index < -0.39 is 0 Å². The Morgan fingerprint density at radius 1 is 0.839 bits per heavy atom. The predicted molar refractivity (Wildman–Crippen MR) is 118 cm³/mol. The van der Waals surface area contributed by atoms with Gasteiger partial charge >= 0.3 is 0 Å². The second kappa shape index (κ2) is 9.00. The first kappa shape index (κ1) is 20.6. The lowest BCUT2D eigenvalue weighted by atomic mass is 9.84. The Bertz CT molecular complexity index is 1080. The molecule has 1 heterocycles. The fourth-order valence-corrected chi connectivity index (χ4v) is 3.84. The van der Waals surface area contributed by atoms with E-state index in [1.54, 1.807) is 27.4 Å². The molecule has 31 heavy (non-hydrogen) atoms. The van der Waals surface area contributed by atoms with Crippen molar-refractivity contribution >= 4 is 11.6 Å². The normalized spacial score (nSPS) is 14.9. The van der Waals surface area contributed by atoms with Gasteiger partial charge < -0.3 is 24.3 Å². The summed E-state index contributed by atoms with van der Waals surface area (Å²) in [4.78, 5) is 12.4. The molecule has 0 fully saturated rings. The maximum Gasteiger partial charge on any atom is 0.225 e. The number of amides is 1. The van der Waals surface area contributed by atoms with Gasteiger partial charge in [0, 0.05) is 24.1 Å². The molecule has 1 aliphatic rings. The summed E-state index contributed by atoms with van der Waals surface area (Å²) in [7, 11) is 4.79. The lowest BCUT2D eigenvalue weighted by Gasteiger charge is -2.27. The maximum atomic E-state index is 12.4. The topological polar surface area (TPSA) is 66.0 Å². The fraction of sp³-hybridized carbons (Fsp3) is 0.240. The quantitative estimate of drug-likeness (QED) is 0.598. The highest BCUT2D eigenvalue weighted by Gasteiger charge is 2.29. The molecule has 0 saturated heterocycles. The van der Waals surface area contributed by atoms with E-state index in [2.05, 4.69) is 5.32 Å². The van der Waals surface area contributed by atoms with Crippen LogP contribution in [0.1, 0.15) is 29.0 Å². The number of hydrogen-bond donors (Lipinski definition) is 1. The number of ether oxygens (including phenoxy) is 4. The minimum absolute atomic E-state index is 0.0481. The summed E-state index contributed by atoms with van der Waals surface area (Å²) in [5.74, 6) is 2.29. The van der Waals surface area contributed by atoms with Crippen LogP contribution in [0, 0.1) is 0 Å². The predicted octanol–water partition coefficient (Wildman–Crippen LogP) is 4.77. The lowest BCUT2D eigenvalue weighted by Crippen LogP contribution is -2.23. The minimum atomic E-state index is -0.138. The molecule has 6 nitrogen and oxygen atoms in total. The van der Waals surface area contributed by atoms with E-state index in [0.29, 0.717) is 36.0 Å². The Hall–Kier alpha value is -3.67. The monoisotopic (exact) mass is 419 g/mol. The number of hydrogen-bond acceptors (Lipinski definition) is 5. The van der Waals surface area contributed by atoms with Crippen molar-refractivity contribution in [3.8, 4) is 23.0 Å². The van der Waals surface area contributed by atoms with Gasteiger partial charge in [-0.2, -0.15) is 0 Å². The van der Waals surface area contributed by atoms with E-state index in [0.717, 1.165) is 22.4 Å². The van der Waals surface area contributed by atoms with Gasteiger partial charge in [0.15, 0.2) is 23.0 Å². The molecular formula is C25H25NO5. The molecule has 1 atom stereocenters. The van der Waals surface area contributed by atoms with Gasteiger partial charge in [0.05, 0.1) is 21.3 Å². The summed E-state index contributed by atoms with van der Waals surface area (Å²) >= 11 is 0. The zero-order chi connectivity index (χ0) is 21.8. The van der Waals surface area contributed by atoms with Crippen molar-refractivity contribution in [1.29, 1.82) is 0 Å². The first-order chi connectivity index (χ1) is 15.1. The van der Waals surface area contributed by atoms with Crippen molar-refractivity contribution in [2.45, 2.75) is 18.9 Å². The van der Waals surface area contributed by atoms with E-state index in [9.17, 15) is 4.79 Å². The molecule has 160 valence electrons. The Labute approximate surface area is 181 Å². The van der Waals surface area contributed by atoms with Crippen LogP contribution in [0.5, 0.6) is 23.0 Å². The highest BCUT2D eigenvalue weighted by Crippen LogP contribution is 2.44. The second-order valence-corrected chi connectivity index (χ2v) is 7.28. The fourth-order valence-electron chi connectivity index (χ4n) is 3.84. The third-order valence-electron chi connectivity index (χ3n) is 5.42. The largest absolute Gasteiger partial charge is 0.493 e. The van der Waals surface area contributed by atoms with Gasteiger partial charge in [-0.05, 0) is 34.9 Å². The van der Waals surface area contributed by atoms with E-state index in [1.807, 2.05) is 54.6 Å². The van der Waals surface area contributed by atoms with Gasteiger partial charge in [-0.15, -0.1) is 0 Å². The van der Waals surface area contributed by atoms with Crippen molar-refractivity contribution in [1.82, 2.24) is 0 Å². The first-order valence-electron chi connectivity index (χ1n) is 10.0. The van der Waals surface area contributed by atoms with E-state index in [-0.39, 0.29) is 11.8 Å². The van der Waals surface area contributed by atoms with Crippen LogP contribution >= 0.6 is 0 Å². The van der Waals surface area contributed by atoms with Gasteiger partial charge in [-0.3, -0.25) is 4.79 Å². The average molecular weight is 419 g/mol. The van der Waals surface area contributed by atoms with Gasteiger partial charge in [0.2, 0.25) is 5.91 Å². The maximum absolute atomic E-state index is 12.4. The van der Waals surface area contributed by atoms with Crippen molar-refractivity contribution in [3.63, 3.8) is 0 Å². The summed E-state index contributed by atoms with van der Waals surface area (Å²) in [5, 5.41) is 2.93. The highest BCUT2D eigenvalue weighted by atomic mass is 16.5.